The van der Waals surface area contributed by atoms with E-state index in [-0.39, 0.29) is 17.1 Å². The molecule has 1 saturated carbocycles. The standard InChI is InChI=1S/C13H17N3O3S/c1-19-10(17)6-13(4-5-13)7-20-12-8(14)2-3-9(16-12)11(15)18/h2-3H,4-7,14H2,1H3,(H2,15,18). The molecule has 108 valence electrons. The molecule has 1 aromatic heterocycles. The number of thioether (sulfide) groups is 1. The van der Waals surface area contributed by atoms with Gasteiger partial charge in [-0.15, -0.1) is 11.8 Å². The van der Waals surface area contributed by atoms with Crippen LogP contribution in [-0.4, -0.2) is 29.7 Å². The maximum absolute atomic E-state index is 11.4. The smallest absolute Gasteiger partial charge is 0.306 e. The number of carbonyl (C=O) groups excluding carboxylic acids is 2. The SMILES string of the molecule is COC(=O)CC1(CSc2nc(C(N)=O)ccc2N)CC1. The van der Waals surface area contributed by atoms with Crippen molar-refractivity contribution in [2.24, 2.45) is 11.1 Å². The number of aromatic nitrogens is 1. The summed E-state index contributed by atoms with van der Waals surface area (Å²) in [6, 6.07) is 3.12. The number of primary amides is 1. The fraction of sp³-hybridized carbons (Fsp3) is 0.462. The minimum atomic E-state index is -0.581. The van der Waals surface area contributed by atoms with E-state index in [1.807, 2.05) is 0 Å². The second-order valence-electron chi connectivity index (χ2n) is 5.00. The Balaban J connectivity index is 2.02. The monoisotopic (exact) mass is 295 g/mol. The first-order chi connectivity index (χ1) is 9.46. The lowest BCUT2D eigenvalue weighted by atomic mass is 10.1. The summed E-state index contributed by atoms with van der Waals surface area (Å²) in [6.07, 6.45) is 2.39. The van der Waals surface area contributed by atoms with Crippen molar-refractivity contribution >= 4 is 29.3 Å². The molecule has 2 rings (SSSR count). The summed E-state index contributed by atoms with van der Waals surface area (Å²) in [7, 11) is 1.39. The Labute approximate surface area is 121 Å². The normalized spacial score (nSPS) is 15.7. The average Bonchev–Trinajstić information content (AvgIpc) is 3.17. The Morgan fingerprint density at radius 3 is 2.70 bits per heavy atom. The summed E-state index contributed by atoms with van der Waals surface area (Å²) in [4.78, 5) is 26.6. The highest BCUT2D eigenvalue weighted by molar-refractivity contribution is 7.99. The van der Waals surface area contributed by atoms with Crippen molar-refractivity contribution in [3.05, 3.63) is 17.8 Å². The maximum Gasteiger partial charge on any atom is 0.306 e. The highest BCUT2D eigenvalue weighted by Gasteiger charge is 2.44. The van der Waals surface area contributed by atoms with Crippen LogP contribution in [0.2, 0.25) is 0 Å². The first-order valence-corrected chi connectivity index (χ1v) is 7.20. The second kappa shape index (κ2) is 5.70. The van der Waals surface area contributed by atoms with E-state index >= 15 is 0 Å². The predicted molar refractivity (Wildman–Crippen MR) is 76.2 cm³/mol. The number of nitrogens with two attached hydrogens (primary N) is 2. The number of esters is 1. The van der Waals surface area contributed by atoms with Crippen LogP contribution >= 0.6 is 11.8 Å². The number of amides is 1. The van der Waals surface area contributed by atoms with Crippen molar-refractivity contribution in [2.45, 2.75) is 24.3 Å². The molecule has 0 spiro atoms. The summed E-state index contributed by atoms with van der Waals surface area (Å²) in [6.45, 7) is 0. The molecule has 6 nitrogen and oxygen atoms in total. The van der Waals surface area contributed by atoms with E-state index in [4.69, 9.17) is 16.2 Å². The van der Waals surface area contributed by atoms with Crippen LogP contribution in [0.3, 0.4) is 0 Å². The lowest BCUT2D eigenvalue weighted by Gasteiger charge is -2.13. The third kappa shape index (κ3) is 3.41. The summed E-state index contributed by atoms with van der Waals surface area (Å²) in [5.41, 5.74) is 11.7. The molecule has 1 heterocycles. The van der Waals surface area contributed by atoms with E-state index in [1.54, 1.807) is 6.07 Å². The number of carbonyl (C=O) groups is 2. The van der Waals surface area contributed by atoms with Gasteiger partial charge in [0.15, 0.2) is 0 Å². The van der Waals surface area contributed by atoms with Crippen LogP contribution in [0.5, 0.6) is 0 Å². The summed E-state index contributed by atoms with van der Waals surface area (Å²) < 4.78 is 4.70. The molecule has 0 unspecified atom stereocenters. The molecule has 0 saturated heterocycles. The molecule has 0 atom stereocenters. The molecule has 0 bridgehead atoms. The Hall–Kier alpha value is -1.76. The highest BCUT2D eigenvalue weighted by Crippen LogP contribution is 2.52. The molecule has 1 amide bonds. The van der Waals surface area contributed by atoms with Gasteiger partial charge in [-0.1, -0.05) is 0 Å². The van der Waals surface area contributed by atoms with Gasteiger partial charge in [-0.3, -0.25) is 9.59 Å². The molecule has 1 fully saturated rings. The van der Waals surface area contributed by atoms with E-state index in [0.29, 0.717) is 17.1 Å². The van der Waals surface area contributed by atoms with Gasteiger partial charge >= 0.3 is 5.97 Å². The predicted octanol–water partition coefficient (Wildman–Crippen LogP) is 1.20. The fourth-order valence-corrected chi connectivity index (χ4v) is 3.08. The van der Waals surface area contributed by atoms with Crippen LogP contribution in [0.15, 0.2) is 17.2 Å². The molecule has 4 N–H and O–H groups in total. The lowest BCUT2D eigenvalue weighted by molar-refractivity contribution is -0.141. The lowest BCUT2D eigenvalue weighted by Crippen LogP contribution is -2.15. The van der Waals surface area contributed by atoms with Crippen molar-refractivity contribution < 1.29 is 14.3 Å². The van der Waals surface area contributed by atoms with E-state index in [9.17, 15) is 9.59 Å². The molecule has 20 heavy (non-hydrogen) atoms. The van der Waals surface area contributed by atoms with Gasteiger partial charge in [0.1, 0.15) is 10.7 Å². The van der Waals surface area contributed by atoms with Crippen LogP contribution in [0, 0.1) is 5.41 Å². The number of nitrogen functional groups attached to an aromatic ring is 1. The van der Waals surface area contributed by atoms with Gasteiger partial charge in [-0.05, 0) is 30.4 Å². The van der Waals surface area contributed by atoms with Gasteiger partial charge in [0, 0.05) is 5.75 Å². The first-order valence-electron chi connectivity index (χ1n) is 6.22. The molecule has 0 aliphatic heterocycles. The summed E-state index contributed by atoms with van der Waals surface area (Å²) >= 11 is 1.45. The van der Waals surface area contributed by atoms with Crippen molar-refractivity contribution in [2.75, 3.05) is 18.6 Å². The molecule has 1 aliphatic carbocycles. The summed E-state index contributed by atoms with van der Waals surface area (Å²) in [5.74, 6) is -0.0564. The Morgan fingerprint density at radius 2 is 2.15 bits per heavy atom. The average molecular weight is 295 g/mol. The van der Waals surface area contributed by atoms with Crippen LogP contribution in [-0.2, 0) is 9.53 Å². The van der Waals surface area contributed by atoms with Gasteiger partial charge in [-0.25, -0.2) is 4.98 Å². The van der Waals surface area contributed by atoms with Gasteiger partial charge < -0.3 is 16.2 Å². The maximum atomic E-state index is 11.4. The second-order valence-corrected chi connectivity index (χ2v) is 5.96. The Kier molecular flexibility index (Phi) is 4.17. The van der Waals surface area contributed by atoms with Gasteiger partial charge in [0.2, 0.25) is 0 Å². The molecular formula is C13H17N3O3S. The zero-order valence-corrected chi connectivity index (χ0v) is 12.0. The first kappa shape index (κ1) is 14.6. The molecule has 0 radical (unpaired) electrons. The molecule has 7 heteroatoms. The minimum Gasteiger partial charge on any atom is -0.469 e. The van der Waals surface area contributed by atoms with E-state index < -0.39 is 5.91 Å². The highest BCUT2D eigenvalue weighted by atomic mass is 32.2. The topological polar surface area (TPSA) is 108 Å². The quantitative estimate of drug-likeness (QED) is 0.603. The van der Waals surface area contributed by atoms with Crippen molar-refractivity contribution in [1.82, 2.24) is 4.98 Å². The van der Waals surface area contributed by atoms with Crippen molar-refractivity contribution in [1.29, 1.82) is 0 Å². The van der Waals surface area contributed by atoms with Crippen LogP contribution in [0.4, 0.5) is 5.69 Å². The number of hydrogen-bond donors (Lipinski definition) is 2. The number of methoxy groups -OCH3 is 1. The van der Waals surface area contributed by atoms with Crippen LogP contribution in [0.25, 0.3) is 0 Å². The van der Waals surface area contributed by atoms with Gasteiger partial charge in [0.25, 0.3) is 5.91 Å². The van der Waals surface area contributed by atoms with Crippen LogP contribution < -0.4 is 11.5 Å². The van der Waals surface area contributed by atoms with E-state index in [1.165, 1.54) is 24.9 Å². The number of anilines is 1. The molecular weight excluding hydrogens is 278 g/mol. The zero-order chi connectivity index (χ0) is 14.8. The van der Waals surface area contributed by atoms with E-state index in [2.05, 4.69) is 4.98 Å². The molecule has 0 aromatic carbocycles. The molecule has 1 aromatic rings. The third-order valence-corrected chi connectivity index (χ3v) is 4.72. The number of ether oxygens (including phenoxy) is 1. The number of hydrogen-bond acceptors (Lipinski definition) is 6. The number of pyridine rings is 1. The minimum absolute atomic E-state index is 0.0192. The Morgan fingerprint density at radius 1 is 1.45 bits per heavy atom. The van der Waals surface area contributed by atoms with Gasteiger partial charge in [0.05, 0.1) is 19.2 Å². The van der Waals surface area contributed by atoms with Crippen LogP contribution in [0.1, 0.15) is 29.8 Å². The van der Waals surface area contributed by atoms with Crippen molar-refractivity contribution in [3.8, 4) is 0 Å². The van der Waals surface area contributed by atoms with E-state index in [0.717, 1.165) is 18.6 Å². The number of nitrogens with zero attached hydrogens (tertiary/aromatic N) is 1. The van der Waals surface area contributed by atoms with Gasteiger partial charge in [-0.2, -0.15) is 0 Å². The van der Waals surface area contributed by atoms with Crippen molar-refractivity contribution in [3.63, 3.8) is 0 Å². The molecule has 1 aliphatic rings. The Bertz CT molecular complexity index is 544. The fourth-order valence-electron chi connectivity index (χ4n) is 1.85. The third-order valence-electron chi connectivity index (χ3n) is 3.36. The largest absolute Gasteiger partial charge is 0.469 e. The zero-order valence-electron chi connectivity index (χ0n) is 11.2. The number of rotatable bonds is 6. The summed E-state index contributed by atoms with van der Waals surface area (Å²) in [5, 5.41) is 0.581.